The number of hydrogen-bond acceptors (Lipinski definition) is 3. The summed E-state index contributed by atoms with van der Waals surface area (Å²) in [6.07, 6.45) is 2.56. The molecule has 5 nitrogen and oxygen atoms in total. The van der Waals surface area contributed by atoms with E-state index in [4.69, 9.17) is 9.73 Å². The fourth-order valence-corrected chi connectivity index (χ4v) is 3.75. The Kier molecular flexibility index (Phi) is 5.47. The molecule has 0 bridgehead atoms. The first-order valence-electron chi connectivity index (χ1n) is 9.42. The second-order valence-corrected chi connectivity index (χ2v) is 8.10. The first-order valence-corrected chi connectivity index (χ1v) is 9.42. The van der Waals surface area contributed by atoms with Gasteiger partial charge in [0.25, 0.3) is 0 Å². The molecule has 2 saturated heterocycles. The predicted octanol–water partition coefficient (Wildman–Crippen LogP) is 1.65. The molecule has 3 rings (SSSR count). The molecular formula is C18H34N4O. The van der Waals surface area contributed by atoms with Crippen molar-refractivity contribution in [1.29, 1.82) is 0 Å². The summed E-state index contributed by atoms with van der Waals surface area (Å²) < 4.78 is 5.50. The molecule has 3 fully saturated rings. The van der Waals surface area contributed by atoms with Gasteiger partial charge >= 0.3 is 0 Å². The molecule has 0 aromatic carbocycles. The molecule has 1 N–H and O–H groups in total. The van der Waals surface area contributed by atoms with Crippen molar-refractivity contribution >= 4 is 5.96 Å². The van der Waals surface area contributed by atoms with Gasteiger partial charge in [-0.25, -0.2) is 0 Å². The van der Waals surface area contributed by atoms with Crippen LogP contribution in [0.2, 0.25) is 0 Å². The van der Waals surface area contributed by atoms with Crippen molar-refractivity contribution in [2.24, 2.45) is 22.2 Å². The fraction of sp³-hybridized carbons (Fsp3) is 0.944. The maximum absolute atomic E-state index is 5.50. The Morgan fingerprint density at radius 1 is 1.26 bits per heavy atom. The van der Waals surface area contributed by atoms with Crippen LogP contribution in [0.15, 0.2) is 4.99 Å². The number of hydrogen-bond donors (Lipinski definition) is 1. The number of nitrogens with zero attached hydrogens (tertiary/aromatic N) is 3. The van der Waals surface area contributed by atoms with Crippen LogP contribution >= 0.6 is 0 Å². The van der Waals surface area contributed by atoms with Crippen LogP contribution in [0.1, 0.15) is 33.6 Å². The van der Waals surface area contributed by atoms with E-state index in [0.717, 1.165) is 70.3 Å². The van der Waals surface area contributed by atoms with Crippen LogP contribution in [0.25, 0.3) is 0 Å². The van der Waals surface area contributed by atoms with Crippen LogP contribution in [-0.4, -0.2) is 74.8 Å². The molecule has 5 heteroatoms. The molecule has 2 unspecified atom stereocenters. The molecule has 0 aromatic rings. The van der Waals surface area contributed by atoms with E-state index in [9.17, 15) is 0 Å². The molecule has 1 saturated carbocycles. The number of aliphatic imine (C=N–C) groups is 1. The number of nitrogens with one attached hydrogen (secondary N) is 1. The summed E-state index contributed by atoms with van der Waals surface area (Å²) in [5, 5.41) is 3.49. The minimum absolute atomic E-state index is 0.517. The van der Waals surface area contributed by atoms with Gasteiger partial charge in [0.05, 0.1) is 6.61 Å². The zero-order chi connectivity index (χ0) is 16.3. The van der Waals surface area contributed by atoms with E-state index in [2.05, 4.69) is 35.9 Å². The molecule has 0 amide bonds. The first kappa shape index (κ1) is 17.0. The van der Waals surface area contributed by atoms with Crippen LogP contribution in [0, 0.1) is 17.3 Å². The molecule has 1 aliphatic carbocycles. The Labute approximate surface area is 141 Å². The zero-order valence-electron chi connectivity index (χ0n) is 15.2. The Bertz CT molecular complexity index is 409. The summed E-state index contributed by atoms with van der Waals surface area (Å²) in [6.45, 7) is 16.4. The second kappa shape index (κ2) is 7.39. The largest absolute Gasteiger partial charge is 0.381 e. The number of ether oxygens (including phenoxy) is 1. The number of rotatable bonds is 5. The smallest absolute Gasteiger partial charge is 0.194 e. The summed E-state index contributed by atoms with van der Waals surface area (Å²) in [6, 6.07) is 0. The molecule has 132 valence electrons. The lowest BCUT2D eigenvalue weighted by atomic mass is 10.1. The lowest BCUT2D eigenvalue weighted by Crippen LogP contribution is -2.53. The van der Waals surface area contributed by atoms with Crippen molar-refractivity contribution in [3.63, 3.8) is 0 Å². The zero-order valence-corrected chi connectivity index (χ0v) is 15.2. The van der Waals surface area contributed by atoms with E-state index < -0.39 is 0 Å². The van der Waals surface area contributed by atoms with Crippen LogP contribution in [0.3, 0.4) is 0 Å². The second-order valence-electron chi connectivity index (χ2n) is 8.10. The third kappa shape index (κ3) is 4.60. The van der Waals surface area contributed by atoms with Crippen molar-refractivity contribution in [1.82, 2.24) is 15.1 Å². The van der Waals surface area contributed by atoms with Gasteiger partial charge in [0.1, 0.15) is 0 Å². The average molecular weight is 322 g/mol. The van der Waals surface area contributed by atoms with Crippen molar-refractivity contribution in [3.05, 3.63) is 0 Å². The minimum atomic E-state index is 0.517. The van der Waals surface area contributed by atoms with Crippen LogP contribution in [0.5, 0.6) is 0 Å². The van der Waals surface area contributed by atoms with E-state index in [0.29, 0.717) is 5.41 Å². The highest BCUT2D eigenvalue weighted by atomic mass is 16.5. The van der Waals surface area contributed by atoms with Crippen molar-refractivity contribution < 1.29 is 4.74 Å². The molecule has 0 aromatic heterocycles. The van der Waals surface area contributed by atoms with Crippen molar-refractivity contribution in [2.45, 2.75) is 33.6 Å². The standard InChI is InChI=1S/C18H34N4O/c1-4-19-17(20-12-16-11-18(16,2)3)22-8-6-21(7-9-22)13-15-5-10-23-14-15/h15-16H,4-14H2,1-3H3,(H,19,20). The third-order valence-electron chi connectivity index (χ3n) is 5.73. The van der Waals surface area contributed by atoms with Gasteiger partial charge < -0.3 is 15.0 Å². The Hall–Kier alpha value is -0.810. The topological polar surface area (TPSA) is 40.1 Å². The molecular weight excluding hydrogens is 288 g/mol. The Morgan fingerprint density at radius 3 is 2.57 bits per heavy atom. The normalized spacial score (nSPS) is 31.4. The summed E-state index contributed by atoms with van der Waals surface area (Å²) in [7, 11) is 0. The quantitative estimate of drug-likeness (QED) is 0.617. The highest BCUT2D eigenvalue weighted by molar-refractivity contribution is 5.80. The summed E-state index contributed by atoms with van der Waals surface area (Å²) in [4.78, 5) is 9.96. The Morgan fingerprint density at radius 2 is 2.00 bits per heavy atom. The van der Waals surface area contributed by atoms with Crippen molar-refractivity contribution in [3.8, 4) is 0 Å². The predicted molar refractivity (Wildman–Crippen MR) is 94.8 cm³/mol. The first-order chi connectivity index (χ1) is 11.1. The van der Waals surface area contributed by atoms with E-state index in [1.165, 1.54) is 19.4 Å². The van der Waals surface area contributed by atoms with Gasteiger partial charge in [0.2, 0.25) is 0 Å². The third-order valence-corrected chi connectivity index (χ3v) is 5.73. The lowest BCUT2D eigenvalue weighted by molar-refractivity contribution is 0.139. The Balaban J connectivity index is 1.46. The monoisotopic (exact) mass is 322 g/mol. The molecule has 2 atom stereocenters. The van der Waals surface area contributed by atoms with E-state index in [1.807, 2.05) is 0 Å². The molecule has 2 aliphatic heterocycles. The summed E-state index contributed by atoms with van der Waals surface area (Å²) in [5.74, 6) is 2.65. The van der Waals surface area contributed by atoms with E-state index >= 15 is 0 Å². The highest BCUT2D eigenvalue weighted by Crippen LogP contribution is 2.51. The maximum atomic E-state index is 5.50. The fourth-order valence-electron chi connectivity index (χ4n) is 3.75. The SMILES string of the molecule is CCNC(=NCC1CC1(C)C)N1CCN(CC2CCOC2)CC1. The molecule has 23 heavy (non-hydrogen) atoms. The molecule has 0 spiro atoms. The van der Waals surface area contributed by atoms with Crippen LogP contribution in [-0.2, 0) is 4.74 Å². The molecule has 2 heterocycles. The molecule has 0 radical (unpaired) electrons. The summed E-state index contributed by atoms with van der Waals surface area (Å²) in [5.41, 5.74) is 0.517. The van der Waals surface area contributed by atoms with Gasteiger partial charge in [-0.2, -0.15) is 0 Å². The van der Waals surface area contributed by atoms with Crippen LogP contribution in [0.4, 0.5) is 0 Å². The lowest BCUT2D eigenvalue weighted by Gasteiger charge is -2.37. The maximum Gasteiger partial charge on any atom is 0.194 e. The van der Waals surface area contributed by atoms with Gasteiger partial charge in [-0.3, -0.25) is 9.89 Å². The van der Waals surface area contributed by atoms with Gasteiger partial charge in [0, 0.05) is 52.4 Å². The molecule has 3 aliphatic rings. The number of piperazine rings is 1. The van der Waals surface area contributed by atoms with E-state index in [1.54, 1.807) is 0 Å². The summed E-state index contributed by atoms with van der Waals surface area (Å²) >= 11 is 0. The number of guanidine groups is 1. The van der Waals surface area contributed by atoms with Gasteiger partial charge in [-0.15, -0.1) is 0 Å². The van der Waals surface area contributed by atoms with Gasteiger partial charge in [0.15, 0.2) is 5.96 Å². The van der Waals surface area contributed by atoms with Crippen molar-refractivity contribution in [2.75, 3.05) is 59.0 Å². The van der Waals surface area contributed by atoms with Crippen LogP contribution < -0.4 is 5.32 Å². The highest BCUT2D eigenvalue weighted by Gasteiger charge is 2.45. The van der Waals surface area contributed by atoms with Gasteiger partial charge in [-0.1, -0.05) is 13.8 Å². The minimum Gasteiger partial charge on any atom is -0.381 e. The van der Waals surface area contributed by atoms with E-state index in [-0.39, 0.29) is 0 Å². The average Bonchev–Trinajstić information content (AvgIpc) is 2.91. The van der Waals surface area contributed by atoms with Gasteiger partial charge in [-0.05, 0) is 37.0 Å².